The molecule has 202 valence electrons. The fourth-order valence-corrected chi connectivity index (χ4v) is 4.73. The van der Waals surface area contributed by atoms with Gasteiger partial charge in [-0.05, 0) is 59.6 Å². The average molecular weight is 555 g/mol. The summed E-state index contributed by atoms with van der Waals surface area (Å²) in [4.78, 5) is 34.0. The molecule has 10 nitrogen and oxygen atoms in total. The molecule has 1 atom stereocenters. The molecule has 1 saturated heterocycles. The Hall–Kier alpha value is -4.90. The van der Waals surface area contributed by atoms with Crippen molar-refractivity contribution in [2.75, 3.05) is 10.2 Å². The number of para-hydroxylation sites is 1. The molecule has 5 rings (SSSR count). The van der Waals surface area contributed by atoms with E-state index in [0.29, 0.717) is 22.6 Å². The Morgan fingerprint density at radius 1 is 1.07 bits per heavy atom. The molecule has 1 aliphatic heterocycles. The molecule has 3 aromatic carbocycles. The van der Waals surface area contributed by atoms with Gasteiger partial charge in [0, 0.05) is 5.69 Å². The van der Waals surface area contributed by atoms with Gasteiger partial charge in [0.1, 0.15) is 12.6 Å². The maximum Gasteiger partial charge on any atom is 0.325 e. The van der Waals surface area contributed by atoms with Gasteiger partial charge in [-0.3, -0.25) is 19.0 Å². The standard InChI is InChI=1S/C29H26N6O4S/c1-19-13-15-21(16-14-19)30-25(36)17-23-28(38)35(22-11-7-4-8-12-22)29(40)34(23)18-24-27(39-32-33(24)2)31-26(37)20-9-5-3-6-10-20/h3-16,23H,17-18H2,1-2H3,(H-,30,31,32,36,37). The lowest BCUT2D eigenvalue weighted by molar-refractivity contribution is -0.746. The van der Waals surface area contributed by atoms with E-state index in [9.17, 15) is 14.7 Å². The second kappa shape index (κ2) is 11.5. The highest BCUT2D eigenvalue weighted by molar-refractivity contribution is 7.80. The molecule has 4 aromatic rings. The highest BCUT2D eigenvalue weighted by Crippen LogP contribution is 2.30. The van der Waals surface area contributed by atoms with Crippen LogP contribution in [0, 0.1) is 6.92 Å². The van der Waals surface area contributed by atoms with Crippen LogP contribution in [0.15, 0.2) is 94.4 Å². The van der Waals surface area contributed by atoms with Crippen LogP contribution in [0.3, 0.4) is 0 Å². The molecule has 1 aromatic heterocycles. The van der Waals surface area contributed by atoms with Gasteiger partial charge in [0.2, 0.25) is 11.2 Å². The van der Waals surface area contributed by atoms with E-state index < -0.39 is 11.9 Å². The first-order valence-corrected chi connectivity index (χ1v) is 12.9. The Bertz CT molecular complexity index is 1570. The number of aryl methyl sites for hydroxylation is 2. The van der Waals surface area contributed by atoms with Crippen molar-refractivity contribution in [3.8, 4) is 0 Å². The molecular weight excluding hydrogens is 528 g/mol. The topological polar surface area (TPSA) is 118 Å². The van der Waals surface area contributed by atoms with Crippen LogP contribution in [0.5, 0.6) is 0 Å². The zero-order chi connectivity index (χ0) is 28.2. The Balaban J connectivity index is 1.45. The van der Waals surface area contributed by atoms with Gasteiger partial charge in [-0.1, -0.05) is 66.2 Å². The predicted octanol–water partition coefficient (Wildman–Crippen LogP) is 2.78. The number of rotatable bonds is 8. The van der Waals surface area contributed by atoms with Gasteiger partial charge in [-0.25, -0.2) is 4.99 Å². The summed E-state index contributed by atoms with van der Waals surface area (Å²) in [5, 5.41) is 19.7. The molecule has 0 aliphatic carbocycles. The Morgan fingerprint density at radius 2 is 1.73 bits per heavy atom. The highest BCUT2D eigenvalue weighted by atomic mass is 32.1. The number of hydrogen-bond donors (Lipinski definition) is 1. The molecular formula is C29H26N6O4S. The van der Waals surface area contributed by atoms with E-state index in [0.717, 1.165) is 5.56 Å². The van der Waals surface area contributed by atoms with Crippen LogP contribution in [-0.2, 0) is 23.2 Å². The second-order valence-corrected chi connectivity index (χ2v) is 9.65. The summed E-state index contributed by atoms with van der Waals surface area (Å²) in [6.45, 7) is 1.98. The third-order valence-electron chi connectivity index (χ3n) is 6.48. The lowest BCUT2D eigenvalue weighted by atomic mass is 10.1. The van der Waals surface area contributed by atoms with Gasteiger partial charge < -0.3 is 15.3 Å². The summed E-state index contributed by atoms with van der Waals surface area (Å²) >= 11 is 5.76. The lowest BCUT2D eigenvalue weighted by Crippen LogP contribution is -2.42. The molecule has 0 radical (unpaired) electrons. The minimum Gasteiger partial charge on any atom is -0.858 e. The van der Waals surface area contributed by atoms with Gasteiger partial charge >= 0.3 is 5.88 Å². The molecule has 2 amide bonds. The minimum atomic E-state index is -0.911. The third-order valence-corrected chi connectivity index (χ3v) is 6.90. The third kappa shape index (κ3) is 5.59. The lowest BCUT2D eigenvalue weighted by Gasteiger charge is -2.22. The summed E-state index contributed by atoms with van der Waals surface area (Å²) in [5.74, 6) is -1.19. The predicted molar refractivity (Wildman–Crippen MR) is 151 cm³/mol. The van der Waals surface area contributed by atoms with Crippen LogP contribution in [0.2, 0.25) is 0 Å². The molecule has 40 heavy (non-hydrogen) atoms. The summed E-state index contributed by atoms with van der Waals surface area (Å²) in [7, 11) is 1.64. The molecule has 1 fully saturated rings. The number of nitrogens with one attached hydrogen (secondary N) is 1. The van der Waals surface area contributed by atoms with Crippen LogP contribution in [0.1, 0.15) is 23.2 Å². The summed E-state index contributed by atoms with van der Waals surface area (Å²) < 4.78 is 6.78. The van der Waals surface area contributed by atoms with Crippen LogP contribution in [-0.4, -0.2) is 39.0 Å². The van der Waals surface area contributed by atoms with Crippen LogP contribution in [0.4, 0.5) is 17.3 Å². The normalized spacial score (nSPS) is 15.6. The number of benzene rings is 3. The van der Waals surface area contributed by atoms with E-state index in [2.05, 4.69) is 15.6 Å². The Morgan fingerprint density at radius 3 is 2.40 bits per heavy atom. The van der Waals surface area contributed by atoms with Crippen molar-refractivity contribution in [1.82, 2.24) is 10.2 Å². The summed E-state index contributed by atoms with van der Waals surface area (Å²) in [6.07, 6.45) is -0.152. The SMILES string of the molecule is Cc1ccc(NC(=O)CC2C(=O)N(c3ccccc3)C(=S)N2Cc2c(/N=C(\[O-])c3ccccc3)on[n+]2C)cc1. The van der Waals surface area contributed by atoms with E-state index in [4.69, 9.17) is 16.7 Å². The van der Waals surface area contributed by atoms with Crippen molar-refractivity contribution in [3.63, 3.8) is 0 Å². The maximum absolute atomic E-state index is 13.7. The fourth-order valence-electron chi connectivity index (χ4n) is 4.35. The fraction of sp³-hybridized carbons (Fsp3) is 0.172. The minimum absolute atomic E-state index is 0.00683. The molecule has 0 saturated carbocycles. The highest BCUT2D eigenvalue weighted by Gasteiger charge is 2.46. The molecule has 1 N–H and O–H groups in total. The van der Waals surface area contributed by atoms with Crippen molar-refractivity contribution in [2.45, 2.75) is 25.9 Å². The van der Waals surface area contributed by atoms with Gasteiger partial charge in [-0.15, -0.1) is 0 Å². The van der Waals surface area contributed by atoms with Crippen molar-refractivity contribution < 1.29 is 23.9 Å². The van der Waals surface area contributed by atoms with Gasteiger partial charge in [0.15, 0.2) is 12.2 Å². The van der Waals surface area contributed by atoms with Crippen molar-refractivity contribution in [1.29, 1.82) is 0 Å². The molecule has 0 bridgehead atoms. The Kier molecular flexibility index (Phi) is 7.65. The van der Waals surface area contributed by atoms with E-state index in [-0.39, 0.29) is 35.8 Å². The number of hydrogen-bond acceptors (Lipinski definition) is 7. The van der Waals surface area contributed by atoms with Gasteiger partial charge in [0.25, 0.3) is 11.6 Å². The van der Waals surface area contributed by atoms with Crippen molar-refractivity contribution in [3.05, 3.63) is 102 Å². The number of anilines is 2. The number of thiocarbonyl (C=S) groups is 1. The van der Waals surface area contributed by atoms with Crippen LogP contribution in [0.25, 0.3) is 0 Å². The number of nitrogens with zero attached hydrogens (tertiary/aromatic N) is 5. The van der Waals surface area contributed by atoms with Crippen LogP contribution < -0.4 is 20.0 Å². The van der Waals surface area contributed by atoms with Crippen molar-refractivity contribution >= 4 is 52.3 Å². The number of carbonyl (C=O) groups excluding carboxylic acids is 2. The monoisotopic (exact) mass is 554 g/mol. The average Bonchev–Trinajstić information content (AvgIpc) is 3.41. The molecule has 2 heterocycles. The molecule has 11 heteroatoms. The quantitative estimate of drug-likeness (QED) is 0.154. The zero-order valence-electron chi connectivity index (χ0n) is 21.9. The number of carbonyl (C=O) groups is 2. The molecule has 1 unspecified atom stereocenters. The second-order valence-electron chi connectivity index (χ2n) is 9.29. The van der Waals surface area contributed by atoms with Crippen LogP contribution >= 0.6 is 12.2 Å². The van der Waals surface area contributed by atoms with Gasteiger partial charge in [-0.2, -0.15) is 0 Å². The maximum atomic E-state index is 13.7. The first kappa shape index (κ1) is 26.7. The summed E-state index contributed by atoms with van der Waals surface area (Å²) in [6, 6.07) is 24.1. The smallest absolute Gasteiger partial charge is 0.325 e. The molecule has 1 aliphatic rings. The van der Waals surface area contributed by atoms with E-state index in [1.165, 1.54) is 9.58 Å². The number of aromatic nitrogens is 2. The first-order valence-electron chi connectivity index (χ1n) is 12.5. The van der Waals surface area contributed by atoms with Gasteiger partial charge in [0.05, 0.1) is 12.1 Å². The molecule has 0 spiro atoms. The van der Waals surface area contributed by atoms with E-state index in [1.54, 1.807) is 78.7 Å². The first-order chi connectivity index (χ1) is 19.3. The van der Waals surface area contributed by atoms with Crippen molar-refractivity contribution in [2.24, 2.45) is 12.0 Å². The van der Waals surface area contributed by atoms with E-state index >= 15 is 0 Å². The zero-order valence-corrected chi connectivity index (χ0v) is 22.7. The van der Waals surface area contributed by atoms with E-state index in [1.807, 2.05) is 25.1 Å². The number of aliphatic imine (C=N–C) groups is 1. The largest absolute Gasteiger partial charge is 0.858 e. The number of amides is 2. The Labute approximate surface area is 236 Å². The summed E-state index contributed by atoms with van der Waals surface area (Å²) in [5.41, 5.74) is 3.08.